The summed E-state index contributed by atoms with van der Waals surface area (Å²) in [4.78, 5) is 23.3. The van der Waals surface area contributed by atoms with Crippen molar-refractivity contribution in [1.82, 2.24) is 5.32 Å². The Morgan fingerprint density at radius 2 is 1.95 bits per heavy atom. The highest BCUT2D eigenvalue weighted by molar-refractivity contribution is 6.06. The smallest absolute Gasteiger partial charge is 0.338 e. The molecule has 1 aromatic carbocycles. The van der Waals surface area contributed by atoms with E-state index in [1.54, 1.807) is 31.2 Å². The number of benzene rings is 1. The highest BCUT2D eigenvalue weighted by Gasteiger charge is 2.10. The fourth-order valence-corrected chi connectivity index (χ4v) is 1.46. The average molecular weight is 287 g/mol. The quantitative estimate of drug-likeness (QED) is 0.473. The van der Waals surface area contributed by atoms with E-state index in [2.05, 4.69) is 10.6 Å². The van der Waals surface area contributed by atoms with Crippen molar-refractivity contribution >= 4 is 17.6 Å². The van der Waals surface area contributed by atoms with Gasteiger partial charge in [0, 0.05) is 18.4 Å². The van der Waals surface area contributed by atoms with Crippen LogP contribution in [0, 0.1) is 11.3 Å². The number of carbonyl (C=O) groups excluding carboxylic acids is 2. The van der Waals surface area contributed by atoms with E-state index in [-0.39, 0.29) is 5.57 Å². The molecule has 2 N–H and O–H groups in total. The second-order valence-electron chi connectivity index (χ2n) is 3.98. The number of amides is 1. The van der Waals surface area contributed by atoms with E-state index in [9.17, 15) is 9.59 Å². The Bertz CT molecular complexity index is 571. The molecule has 21 heavy (non-hydrogen) atoms. The number of ether oxygens (including phenoxy) is 1. The van der Waals surface area contributed by atoms with Crippen LogP contribution in [-0.2, 0) is 9.53 Å². The first-order valence-corrected chi connectivity index (χ1v) is 6.54. The zero-order valence-corrected chi connectivity index (χ0v) is 12.0. The summed E-state index contributed by atoms with van der Waals surface area (Å²) in [5.41, 5.74) is 0.871. The van der Waals surface area contributed by atoms with Crippen molar-refractivity contribution in [2.75, 3.05) is 18.5 Å². The summed E-state index contributed by atoms with van der Waals surface area (Å²) in [7, 11) is 0. The van der Waals surface area contributed by atoms with Gasteiger partial charge in [0.25, 0.3) is 5.91 Å². The van der Waals surface area contributed by atoms with Gasteiger partial charge in [0.15, 0.2) is 0 Å². The van der Waals surface area contributed by atoms with Crippen LogP contribution < -0.4 is 10.6 Å². The lowest BCUT2D eigenvalue weighted by Gasteiger charge is -2.06. The highest BCUT2D eigenvalue weighted by atomic mass is 16.5. The highest BCUT2D eigenvalue weighted by Crippen LogP contribution is 2.11. The van der Waals surface area contributed by atoms with E-state index >= 15 is 0 Å². The van der Waals surface area contributed by atoms with Crippen molar-refractivity contribution in [2.24, 2.45) is 0 Å². The van der Waals surface area contributed by atoms with Crippen LogP contribution in [0.1, 0.15) is 24.2 Å². The van der Waals surface area contributed by atoms with Gasteiger partial charge in [-0.05, 0) is 38.1 Å². The van der Waals surface area contributed by atoms with Gasteiger partial charge in [-0.2, -0.15) is 5.26 Å². The van der Waals surface area contributed by atoms with Crippen LogP contribution >= 0.6 is 0 Å². The van der Waals surface area contributed by atoms with Crippen molar-refractivity contribution < 1.29 is 14.3 Å². The number of rotatable bonds is 6. The van der Waals surface area contributed by atoms with Gasteiger partial charge in [-0.25, -0.2) is 4.79 Å². The maximum absolute atomic E-state index is 11.8. The minimum Gasteiger partial charge on any atom is -0.462 e. The second-order valence-corrected chi connectivity index (χ2v) is 3.98. The number of nitriles is 1. The van der Waals surface area contributed by atoms with E-state index < -0.39 is 11.9 Å². The summed E-state index contributed by atoms with van der Waals surface area (Å²) in [5, 5.41) is 14.3. The molecule has 110 valence electrons. The third kappa shape index (κ3) is 4.99. The van der Waals surface area contributed by atoms with Crippen LogP contribution in [-0.4, -0.2) is 25.0 Å². The molecule has 0 aromatic heterocycles. The van der Waals surface area contributed by atoms with Crippen LogP contribution in [0.15, 0.2) is 36.0 Å². The van der Waals surface area contributed by atoms with Crippen molar-refractivity contribution in [1.29, 1.82) is 5.26 Å². The Morgan fingerprint density at radius 3 is 2.48 bits per heavy atom. The van der Waals surface area contributed by atoms with E-state index in [1.807, 2.05) is 13.0 Å². The van der Waals surface area contributed by atoms with Crippen molar-refractivity contribution in [3.8, 4) is 6.07 Å². The standard InChI is InChI=1S/C15H17N3O3/c1-3-17-10-12(9-16)14(19)18-13-7-5-11(6-8-13)15(20)21-4-2/h5-8,10,17H,3-4H2,1-2H3,(H,18,19)/b12-10-. The Labute approximate surface area is 123 Å². The SMILES string of the molecule is CCN/C=C(/C#N)C(=O)Nc1ccc(C(=O)OCC)cc1. The Morgan fingerprint density at radius 1 is 1.29 bits per heavy atom. The number of nitrogens with one attached hydrogen (secondary N) is 2. The minimum atomic E-state index is -0.512. The lowest BCUT2D eigenvalue weighted by molar-refractivity contribution is -0.112. The molecule has 1 aromatic rings. The summed E-state index contributed by atoms with van der Waals surface area (Å²) < 4.78 is 4.86. The van der Waals surface area contributed by atoms with E-state index in [0.29, 0.717) is 24.4 Å². The van der Waals surface area contributed by atoms with Crippen LogP contribution in [0.3, 0.4) is 0 Å². The summed E-state index contributed by atoms with van der Waals surface area (Å²) >= 11 is 0. The summed E-state index contributed by atoms with van der Waals surface area (Å²) in [6.07, 6.45) is 1.36. The molecule has 0 unspecified atom stereocenters. The Kier molecular flexibility index (Phi) is 6.48. The molecule has 6 nitrogen and oxygen atoms in total. The third-order valence-corrected chi connectivity index (χ3v) is 2.47. The predicted molar refractivity (Wildman–Crippen MR) is 78.4 cm³/mol. The summed E-state index contributed by atoms with van der Waals surface area (Å²) in [6.45, 7) is 4.51. The van der Waals surface area contributed by atoms with Gasteiger partial charge >= 0.3 is 5.97 Å². The molecule has 0 atom stereocenters. The van der Waals surface area contributed by atoms with E-state index in [0.717, 1.165) is 0 Å². The van der Waals surface area contributed by atoms with Crippen molar-refractivity contribution in [2.45, 2.75) is 13.8 Å². The van der Waals surface area contributed by atoms with Crippen LogP contribution in [0.2, 0.25) is 0 Å². The molecule has 0 fully saturated rings. The topological polar surface area (TPSA) is 91.2 Å². The average Bonchev–Trinajstić information content (AvgIpc) is 2.49. The molecule has 6 heteroatoms. The molecule has 1 rings (SSSR count). The first kappa shape index (κ1) is 16.2. The molecule has 0 aliphatic carbocycles. The fourth-order valence-electron chi connectivity index (χ4n) is 1.46. The van der Waals surface area contributed by atoms with Crippen molar-refractivity contribution in [3.05, 3.63) is 41.6 Å². The Balaban J connectivity index is 2.73. The lowest BCUT2D eigenvalue weighted by atomic mass is 10.2. The van der Waals surface area contributed by atoms with Crippen LogP contribution in [0.4, 0.5) is 5.69 Å². The normalized spacial score (nSPS) is 10.4. The van der Waals surface area contributed by atoms with Gasteiger partial charge in [0.1, 0.15) is 11.6 Å². The maximum atomic E-state index is 11.8. The maximum Gasteiger partial charge on any atom is 0.338 e. The molecule has 0 radical (unpaired) electrons. The number of hydrogen-bond acceptors (Lipinski definition) is 5. The lowest BCUT2D eigenvalue weighted by Crippen LogP contribution is -2.16. The first-order valence-electron chi connectivity index (χ1n) is 6.54. The molecule has 0 spiro atoms. The first-order chi connectivity index (χ1) is 10.1. The molecule has 0 aliphatic rings. The molecule has 0 heterocycles. The molecule has 1 amide bonds. The molecule has 0 aliphatic heterocycles. The molecule has 0 saturated heterocycles. The van der Waals surface area contributed by atoms with Gasteiger partial charge in [0.05, 0.1) is 12.2 Å². The number of nitrogens with zero attached hydrogens (tertiary/aromatic N) is 1. The van der Waals surface area contributed by atoms with Gasteiger partial charge in [-0.1, -0.05) is 0 Å². The van der Waals surface area contributed by atoms with Gasteiger partial charge in [0.2, 0.25) is 0 Å². The summed E-state index contributed by atoms with van der Waals surface area (Å²) in [6, 6.07) is 8.07. The number of hydrogen-bond donors (Lipinski definition) is 2. The summed E-state index contributed by atoms with van der Waals surface area (Å²) in [5.74, 6) is -0.928. The Hall–Kier alpha value is -2.81. The third-order valence-electron chi connectivity index (χ3n) is 2.47. The number of carbonyl (C=O) groups is 2. The number of anilines is 1. The predicted octanol–water partition coefficient (Wildman–Crippen LogP) is 1.82. The zero-order chi connectivity index (χ0) is 15.7. The molecule has 0 saturated carbocycles. The molecular formula is C15H17N3O3. The van der Waals surface area contributed by atoms with E-state index in [4.69, 9.17) is 10.00 Å². The van der Waals surface area contributed by atoms with E-state index in [1.165, 1.54) is 6.20 Å². The van der Waals surface area contributed by atoms with Crippen molar-refractivity contribution in [3.63, 3.8) is 0 Å². The minimum absolute atomic E-state index is 0.0219. The fraction of sp³-hybridized carbons (Fsp3) is 0.267. The monoisotopic (exact) mass is 287 g/mol. The number of esters is 1. The molecular weight excluding hydrogens is 270 g/mol. The zero-order valence-electron chi connectivity index (χ0n) is 12.0. The molecule has 0 bridgehead atoms. The second kappa shape index (κ2) is 8.38. The van der Waals surface area contributed by atoms with Crippen LogP contribution in [0.25, 0.3) is 0 Å². The van der Waals surface area contributed by atoms with Gasteiger partial charge in [-0.15, -0.1) is 0 Å². The van der Waals surface area contributed by atoms with Crippen LogP contribution in [0.5, 0.6) is 0 Å². The van der Waals surface area contributed by atoms with Gasteiger partial charge < -0.3 is 15.4 Å². The largest absolute Gasteiger partial charge is 0.462 e. The van der Waals surface area contributed by atoms with Gasteiger partial charge in [-0.3, -0.25) is 4.79 Å².